The molecule has 1 aliphatic heterocycles. The van der Waals surface area contributed by atoms with Gasteiger partial charge in [0.2, 0.25) is 6.79 Å². The lowest BCUT2D eigenvalue weighted by atomic mass is 9.91. The molecule has 2 heterocycles. The van der Waals surface area contributed by atoms with E-state index in [2.05, 4.69) is 17.2 Å². The number of ether oxygens (including phenoxy) is 6. The third kappa shape index (κ3) is 9.72. The Labute approximate surface area is 240 Å². The van der Waals surface area contributed by atoms with Crippen molar-refractivity contribution in [3.05, 3.63) is 53.9 Å². The molecule has 4 unspecified atom stereocenters. The van der Waals surface area contributed by atoms with Gasteiger partial charge in [-0.25, -0.2) is 9.78 Å². The summed E-state index contributed by atoms with van der Waals surface area (Å²) in [7, 11) is 1.40. The standard InChI is InChI=1S/C30H40N2O9/c1-5-6-10-15-38-27-20(2)41-30(35)24(18-37-17-23(27)16-22-11-8-7-9-12-22)32-29(34)26-28(40-19-39-21(3)33)25(36-4)13-14-31-26/h7-9,11-14,20,23-24,27H,5-6,10,15-19H2,1-4H3,(H,32,34). The summed E-state index contributed by atoms with van der Waals surface area (Å²) in [6.45, 7) is 5.44. The van der Waals surface area contributed by atoms with Crippen molar-refractivity contribution in [3.8, 4) is 11.5 Å². The average Bonchev–Trinajstić information content (AvgIpc) is 3.00. The predicted octanol–water partition coefficient (Wildman–Crippen LogP) is 3.48. The number of cyclic esters (lactones) is 1. The number of pyridine rings is 1. The Morgan fingerprint density at radius 2 is 1.90 bits per heavy atom. The molecular weight excluding hydrogens is 532 g/mol. The maximum Gasteiger partial charge on any atom is 0.331 e. The summed E-state index contributed by atoms with van der Waals surface area (Å²) in [5.41, 5.74) is 0.965. The molecule has 1 aliphatic rings. The highest BCUT2D eigenvalue weighted by atomic mass is 16.7. The fraction of sp³-hybridized carbons (Fsp3) is 0.533. The van der Waals surface area contributed by atoms with Crippen molar-refractivity contribution in [2.75, 3.05) is 33.7 Å². The predicted molar refractivity (Wildman–Crippen MR) is 149 cm³/mol. The molecule has 1 fully saturated rings. The lowest BCUT2D eigenvalue weighted by Crippen LogP contribution is -2.46. The van der Waals surface area contributed by atoms with E-state index in [9.17, 15) is 14.4 Å². The number of aromatic nitrogens is 1. The van der Waals surface area contributed by atoms with Gasteiger partial charge in [-0.15, -0.1) is 0 Å². The van der Waals surface area contributed by atoms with Gasteiger partial charge < -0.3 is 33.7 Å². The second-order valence-corrected chi connectivity index (χ2v) is 9.79. The van der Waals surface area contributed by atoms with Gasteiger partial charge in [0.1, 0.15) is 6.10 Å². The number of carbonyl (C=O) groups excluding carboxylic acids is 3. The molecule has 0 bridgehead atoms. The number of amides is 1. The number of methoxy groups -OCH3 is 1. The normalized spacial score (nSPS) is 21.0. The number of hydrogen-bond acceptors (Lipinski definition) is 10. The number of benzene rings is 1. The van der Waals surface area contributed by atoms with E-state index < -0.39 is 42.9 Å². The average molecular weight is 573 g/mol. The quantitative estimate of drug-likeness (QED) is 0.216. The van der Waals surface area contributed by atoms with Gasteiger partial charge in [-0.3, -0.25) is 9.59 Å². The van der Waals surface area contributed by atoms with Crippen LogP contribution in [-0.2, 0) is 35.0 Å². The number of esters is 2. The van der Waals surface area contributed by atoms with Crippen LogP contribution in [0.4, 0.5) is 0 Å². The molecule has 2 aromatic rings. The zero-order chi connectivity index (χ0) is 29.6. The highest BCUT2D eigenvalue weighted by Crippen LogP contribution is 2.30. The van der Waals surface area contributed by atoms with Gasteiger partial charge in [0.05, 0.1) is 26.4 Å². The Kier molecular flexibility index (Phi) is 12.8. The Morgan fingerprint density at radius 3 is 2.61 bits per heavy atom. The van der Waals surface area contributed by atoms with Gasteiger partial charge in [0.25, 0.3) is 5.91 Å². The number of nitrogens with zero attached hydrogens (tertiary/aromatic N) is 1. The molecule has 1 amide bonds. The Morgan fingerprint density at radius 1 is 1.12 bits per heavy atom. The van der Waals surface area contributed by atoms with Gasteiger partial charge >= 0.3 is 11.9 Å². The fourth-order valence-electron chi connectivity index (χ4n) is 4.54. The lowest BCUT2D eigenvalue weighted by molar-refractivity contribution is -0.160. The first-order chi connectivity index (χ1) is 19.8. The summed E-state index contributed by atoms with van der Waals surface area (Å²) < 4.78 is 33.7. The highest BCUT2D eigenvalue weighted by molar-refractivity contribution is 5.98. The number of rotatable bonds is 13. The molecule has 41 heavy (non-hydrogen) atoms. The van der Waals surface area contributed by atoms with E-state index in [0.717, 1.165) is 24.8 Å². The van der Waals surface area contributed by atoms with Crippen LogP contribution in [0, 0.1) is 5.92 Å². The molecule has 3 rings (SSSR count). The van der Waals surface area contributed by atoms with E-state index in [4.69, 9.17) is 28.4 Å². The Balaban J connectivity index is 1.77. The van der Waals surface area contributed by atoms with Crippen molar-refractivity contribution >= 4 is 17.8 Å². The fourth-order valence-corrected chi connectivity index (χ4v) is 4.54. The summed E-state index contributed by atoms with van der Waals surface area (Å²) in [5.74, 6) is -1.85. The summed E-state index contributed by atoms with van der Waals surface area (Å²) in [4.78, 5) is 41.8. The third-order valence-corrected chi connectivity index (χ3v) is 6.60. The van der Waals surface area contributed by atoms with Crippen molar-refractivity contribution in [2.45, 2.75) is 64.7 Å². The maximum absolute atomic E-state index is 13.3. The summed E-state index contributed by atoms with van der Waals surface area (Å²) in [5, 5.41) is 2.65. The second-order valence-electron chi connectivity index (χ2n) is 9.79. The van der Waals surface area contributed by atoms with Crippen LogP contribution in [0.3, 0.4) is 0 Å². The number of carbonyl (C=O) groups is 3. The minimum atomic E-state index is -1.12. The monoisotopic (exact) mass is 572 g/mol. The largest absolute Gasteiger partial charge is 0.493 e. The van der Waals surface area contributed by atoms with E-state index in [1.165, 1.54) is 26.3 Å². The molecule has 1 N–H and O–H groups in total. The number of hydrogen-bond donors (Lipinski definition) is 1. The van der Waals surface area contributed by atoms with Crippen LogP contribution in [-0.4, -0.2) is 74.8 Å². The summed E-state index contributed by atoms with van der Waals surface area (Å²) in [6, 6.07) is 10.4. The first-order valence-electron chi connectivity index (χ1n) is 13.9. The molecule has 4 atom stereocenters. The molecule has 0 spiro atoms. The molecule has 1 aromatic heterocycles. The molecule has 11 nitrogen and oxygen atoms in total. The SMILES string of the molecule is CCCCCOC1C(Cc2ccccc2)COCC(NC(=O)c2nccc(OC)c2OCOC(C)=O)C(=O)OC1C. The van der Waals surface area contributed by atoms with Crippen LogP contribution in [0.2, 0.25) is 0 Å². The minimum Gasteiger partial charge on any atom is -0.493 e. The molecule has 1 saturated heterocycles. The van der Waals surface area contributed by atoms with Crippen molar-refractivity contribution in [2.24, 2.45) is 5.92 Å². The molecule has 224 valence electrons. The molecule has 11 heteroatoms. The number of unbranched alkanes of at least 4 members (excludes halogenated alkanes) is 2. The zero-order valence-corrected chi connectivity index (χ0v) is 24.1. The second kappa shape index (κ2) is 16.5. The van der Waals surface area contributed by atoms with Crippen molar-refractivity contribution in [1.82, 2.24) is 10.3 Å². The van der Waals surface area contributed by atoms with E-state index in [1.807, 2.05) is 30.3 Å². The van der Waals surface area contributed by atoms with Crippen LogP contribution in [0.25, 0.3) is 0 Å². The molecule has 0 aliphatic carbocycles. The third-order valence-electron chi connectivity index (χ3n) is 6.60. The van der Waals surface area contributed by atoms with Gasteiger partial charge in [0.15, 0.2) is 23.2 Å². The van der Waals surface area contributed by atoms with Crippen molar-refractivity contribution in [3.63, 3.8) is 0 Å². The van der Waals surface area contributed by atoms with Crippen molar-refractivity contribution in [1.29, 1.82) is 0 Å². The maximum atomic E-state index is 13.3. The minimum absolute atomic E-state index is 0.0389. The Hall–Kier alpha value is -3.70. The highest BCUT2D eigenvalue weighted by Gasteiger charge is 2.36. The molecule has 0 saturated carbocycles. The van der Waals surface area contributed by atoms with E-state index in [-0.39, 0.29) is 29.7 Å². The summed E-state index contributed by atoms with van der Waals surface area (Å²) in [6.07, 6.45) is 4.06. The molecule has 0 radical (unpaired) electrons. The topological polar surface area (TPSA) is 132 Å². The first-order valence-corrected chi connectivity index (χ1v) is 13.9. The van der Waals surface area contributed by atoms with Gasteiger partial charge in [-0.2, -0.15) is 0 Å². The first kappa shape index (κ1) is 31.8. The van der Waals surface area contributed by atoms with Crippen LogP contribution >= 0.6 is 0 Å². The van der Waals surface area contributed by atoms with Crippen molar-refractivity contribution < 1.29 is 42.8 Å². The van der Waals surface area contributed by atoms with Crippen LogP contribution in [0.15, 0.2) is 42.6 Å². The van der Waals surface area contributed by atoms with Crippen LogP contribution in [0.1, 0.15) is 56.1 Å². The van der Waals surface area contributed by atoms with Gasteiger partial charge in [-0.05, 0) is 25.3 Å². The van der Waals surface area contributed by atoms with Crippen LogP contribution < -0.4 is 14.8 Å². The molecule has 1 aromatic carbocycles. The Bertz CT molecular complexity index is 1130. The van der Waals surface area contributed by atoms with E-state index in [1.54, 1.807) is 6.92 Å². The smallest absolute Gasteiger partial charge is 0.331 e. The lowest BCUT2D eigenvalue weighted by Gasteiger charge is -2.31. The summed E-state index contributed by atoms with van der Waals surface area (Å²) >= 11 is 0. The zero-order valence-electron chi connectivity index (χ0n) is 24.1. The van der Waals surface area contributed by atoms with E-state index in [0.29, 0.717) is 19.6 Å². The van der Waals surface area contributed by atoms with Gasteiger partial charge in [-0.1, -0.05) is 50.1 Å². The molecular formula is C30H40N2O9. The van der Waals surface area contributed by atoms with E-state index >= 15 is 0 Å². The van der Waals surface area contributed by atoms with Gasteiger partial charge in [0, 0.05) is 31.7 Å². The number of nitrogens with one attached hydrogen (secondary N) is 1. The van der Waals surface area contributed by atoms with Crippen LogP contribution in [0.5, 0.6) is 11.5 Å².